The predicted octanol–water partition coefficient (Wildman–Crippen LogP) is -0.281. The average Bonchev–Trinajstić information content (AvgIpc) is 2.88. The van der Waals surface area contributed by atoms with E-state index in [4.69, 9.17) is 48.4 Å². The number of ether oxygens (including phenoxy) is 9. The summed E-state index contributed by atoms with van der Waals surface area (Å²) in [7, 11) is 0. The Morgan fingerprint density at radius 2 is 0.897 bits per heavy atom. The Labute approximate surface area is 232 Å². The molecule has 0 aromatic carbocycles. The van der Waals surface area contributed by atoms with Crippen molar-refractivity contribution in [3.63, 3.8) is 0 Å². The Morgan fingerprint density at radius 1 is 0.538 bits per heavy atom. The molecule has 0 heterocycles. The summed E-state index contributed by atoms with van der Waals surface area (Å²) in [4.78, 5) is 23.2. The van der Waals surface area contributed by atoms with Crippen LogP contribution in [0.5, 0.6) is 0 Å². The van der Waals surface area contributed by atoms with Crippen molar-refractivity contribution in [1.82, 2.24) is 10.6 Å². The maximum Gasteiger partial charge on any atom is 0.407 e. The first-order valence-corrected chi connectivity index (χ1v) is 13.4. The molecule has 0 bridgehead atoms. The lowest BCUT2D eigenvalue weighted by Crippen LogP contribution is -2.34. The van der Waals surface area contributed by atoms with Crippen LogP contribution in [0.25, 0.3) is 0 Å². The highest BCUT2D eigenvalue weighted by molar-refractivity contribution is 5.77. The highest BCUT2D eigenvalue weighted by Crippen LogP contribution is 2.06. The van der Waals surface area contributed by atoms with Crippen LogP contribution in [-0.4, -0.2) is 143 Å². The second-order valence-corrected chi connectivity index (χ2v) is 8.91. The van der Waals surface area contributed by atoms with Gasteiger partial charge in [0.1, 0.15) is 12.2 Å². The minimum atomic E-state index is -0.526. The van der Waals surface area contributed by atoms with Gasteiger partial charge in [0.25, 0.3) is 0 Å². The molecule has 14 heteroatoms. The zero-order valence-corrected chi connectivity index (χ0v) is 24.0. The first-order chi connectivity index (χ1) is 18.8. The van der Waals surface area contributed by atoms with Crippen molar-refractivity contribution < 1.29 is 52.2 Å². The molecule has 0 aromatic rings. The van der Waals surface area contributed by atoms with Crippen molar-refractivity contribution in [2.24, 2.45) is 5.73 Å². The zero-order chi connectivity index (χ0) is 28.9. The van der Waals surface area contributed by atoms with Crippen LogP contribution in [0.3, 0.4) is 0 Å². The van der Waals surface area contributed by atoms with Crippen molar-refractivity contribution >= 4 is 12.0 Å². The quantitative estimate of drug-likeness (QED) is 0.106. The van der Waals surface area contributed by atoms with Gasteiger partial charge in [-0.05, 0) is 20.8 Å². The fraction of sp³-hybridized carbons (Fsp3) is 0.920. The van der Waals surface area contributed by atoms with Crippen LogP contribution in [0.4, 0.5) is 4.79 Å². The first kappa shape index (κ1) is 37.4. The van der Waals surface area contributed by atoms with Crippen LogP contribution in [0, 0.1) is 0 Å². The summed E-state index contributed by atoms with van der Waals surface area (Å²) in [6.45, 7) is 13.2. The van der Waals surface area contributed by atoms with Gasteiger partial charge in [0, 0.05) is 19.6 Å². The number of amides is 2. The largest absolute Gasteiger partial charge is 0.444 e. The van der Waals surface area contributed by atoms with Gasteiger partial charge in [0.05, 0.1) is 99.1 Å². The molecule has 4 N–H and O–H groups in total. The van der Waals surface area contributed by atoms with Gasteiger partial charge in [0.15, 0.2) is 0 Å². The number of nitrogens with one attached hydrogen (secondary N) is 2. The molecule has 0 aliphatic carbocycles. The van der Waals surface area contributed by atoms with Crippen molar-refractivity contribution in [2.75, 3.05) is 125 Å². The molecule has 0 radical (unpaired) electrons. The molecule has 0 saturated carbocycles. The zero-order valence-electron chi connectivity index (χ0n) is 24.0. The Balaban J connectivity index is 3.22. The highest BCUT2D eigenvalue weighted by Gasteiger charge is 2.15. The summed E-state index contributed by atoms with van der Waals surface area (Å²) >= 11 is 0. The Morgan fingerprint density at radius 3 is 1.31 bits per heavy atom. The summed E-state index contributed by atoms with van der Waals surface area (Å²) in [5, 5.41) is 5.31. The molecular formula is C25H51N3O11. The molecule has 0 fully saturated rings. The van der Waals surface area contributed by atoms with E-state index in [-0.39, 0.29) is 12.5 Å². The number of hydrogen-bond donors (Lipinski definition) is 3. The molecule has 0 aliphatic rings. The second-order valence-electron chi connectivity index (χ2n) is 8.91. The maximum absolute atomic E-state index is 11.7. The molecule has 232 valence electrons. The van der Waals surface area contributed by atoms with Gasteiger partial charge in [0.2, 0.25) is 5.91 Å². The van der Waals surface area contributed by atoms with Crippen LogP contribution in [-0.2, 0) is 47.4 Å². The molecular weight excluding hydrogens is 518 g/mol. The Bertz CT molecular complexity index is 566. The highest BCUT2D eigenvalue weighted by atomic mass is 16.6. The molecule has 0 saturated heterocycles. The Hall–Kier alpha value is -1.62. The van der Waals surface area contributed by atoms with Crippen molar-refractivity contribution in [3.8, 4) is 0 Å². The standard InChI is InChI=1S/C25H51N3O11/c1-25(2,3)39-24(30)28-6-9-33-12-15-37-20-21-38-22-23(29)27-5-8-32-11-14-35-17-19-36-18-16-34-13-10-31-7-4-26/h4-22,26H2,1-3H3,(H,27,29)(H,28,30). The maximum atomic E-state index is 11.7. The van der Waals surface area contributed by atoms with Crippen LogP contribution in [0.2, 0.25) is 0 Å². The van der Waals surface area contributed by atoms with E-state index in [0.29, 0.717) is 119 Å². The van der Waals surface area contributed by atoms with E-state index in [1.807, 2.05) is 0 Å². The van der Waals surface area contributed by atoms with E-state index in [0.717, 1.165) is 0 Å². The van der Waals surface area contributed by atoms with Crippen molar-refractivity contribution in [2.45, 2.75) is 26.4 Å². The molecule has 39 heavy (non-hydrogen) atoms. The summed E-state index contributed by atoms with van der Waals surface area (Å²) in [5.74, 6) is -0.222. The normalized spacial score (nSPS) is 11.5. The lowest BCUT2D eigenvalue weighted by atomic mass is 10.2. The van der Waals surface area contributed by atoms with Crippen LogP contribution in [0.15, 0.2) is 0 Å². The van der Waals surface area contributed by atoms with E-state index in [1.54, 1.807) is 20.8 Å². The fourth-order valence-electron chi connectivity index (χ4n) is 2.52. The van der Waals surface area contributed by atoms with Crippen LogP contribution in [0.1, 0.15) is 20.8 Å². The Kier molecular flexibility index (Phi) is 26.8. The lowest BCUT2D eigenvalue weighted by molar-refractivity contribution is -0.126. The van der Waals surface area contributed by atoms with Crippen molar-refractivity contribution in [3.05, 3.63) is 0 Å². The fourth-order valence-corrected chi connectivity index (χ4v) is 2.52. The van der Waals surface area contributed by atoms with E-state index >= 15 is 0 Å². The predicted molar refractivity (Wildman–Crippen MR) is 143 cm³/mol. The summed E-state index contributed by atoms with van der Waals surface area (Å²) < 4.78 is 47.8. The van der Waals surface area contributed by atoms with E-state index in [2.05, 4.69) is 10.6 Å². The first-order valence-electron chi connectivity index (χ1n) is 13.4. The second kappa shape index (κ2) is 27.9. The number of rotatable bonds is 28. The number of alkyl carbamates (subject to hydrolysis) is 1. The molecule has 0 aliphatic heterocycles. The number of carbonyl (C=O) groups is 2. The third-order valence-corrected chi connectivity index (χ3v) is 4.21. The topological polar surface area (TPSA) is 167 Å². The molecule has 0 spiro atoms. The number of carbonyl (C=O) groups excluding carboxylic acids is 2. The molecule has 2 amide bonds. The minimum Gasteiger partial charge on any atom is -0.444 e. The average molecular weight is 570 g/mol. The summed E-state index contributed by atoms with van der Waals surface area (Å²) in [6, 6.07) is 0. The van der Waals surface area contributed by atoms with Gasteiger partial charge in [-0.15, -0.1) is 0 Å². The monoisotopic (exact) mass is 569 g/mol. The third kappa shape index (κ3) is 32.5. The SMILES string of the molecule is CC(C)(C)OC(=O)NCCOCCOCCOCC(=O)NCCOCCOCCOCCOCCOCCN. The summed E-state index contributed by atoms with van der Waals surface area (Å²) in [6.07, 6.45) is -0.473. The van der Waals surface area contributed by atoms with Gasteiger partial charge < -0.3 is 59.0 Å². The number of nitrogens with two attached hydrogens (primary N) is 1. The van der Waals surface area contributed by atoms with Crippen LogP contribution >= 0.6 is 0 Å². The summed E-state index contributed by atoms with van der Waals surface area (Å²) in [5.41, 5.74) is 4.79. The van der Waals surface area contributed by atoms with Gasteiger partial charge in [-0.25, -0.2) is 4.79 Å². The molecule has 0 aromatic heterocycles. The van der Waals surface area contributed by atoms with Gasteiger partial charge in [-0.3, -0.25) is 4.79 Å². The molecule has 0 unspecified atom stereocenters. The van der Waals surface area contributed by atoms with E-state index in [1.165, 1.54) is 0 Å². The van der Waals surface area contributed by atoms with Crippen LogP contribution < -0.4 is 16.4 Å². The minimum absolute atomic E-state index is 0.0492. The van der Waals surface area contributed by atoms with Gasteiger partial charge >= 0.3 is 6.09 Å². The lowest BCUT2D eigenvalue weighted by Gasteiger charge is -2.19. The van der Waals surface area contributed by atoms with Gasteiger partial charge in [-0.2, -0.15) is 0 Å². The molecule has 14 nitrogen and oxygen atoms in total. The van der Waals surface area contributed by atoms with E-state index < -0.39 is 11.7 Å². The third-order valence-electron chi connectivity index (χ3n) is 4.21. The van der Waals surface area contributed by atoms with Gasteiger partial charge in [-0.1, -0.05) is 0 Å². The van der Waals surface area contributed by atoms with Crippen molar-refractivity contribution in [1.29, 1.82) is 0 Å². The number of hydrogen-bond acceptors (Lipinski definition) is 12. The molecule has 0 atom stereocenters. The van der Waals surface area contributed by atoms with E-state index in [9.17, 15) is 9.59 Å². The smallest absolute Gasteiger partial charge is 0.407 e. The molecule has 0 rings (SSSR count).